The Morgan fingerprint density at radius 1 is 1.11 bits per heavy atom. The quantitative estimate of drug-likeness (QED) is 0.447. The van der Waals surface area contributed by atoms with Gasteiger partial charge < -0.3 is 10.4 Å². The monoisotopic (exact) mass is 269 g/mol. The average Bonchev–Trinajstić information content (AvgIpc) is 2.37. The Balaban J connectivity index is 3.78. The largest absolute Gasteiger partial charge is 0.480 e. The number of hydrogen-bond donors (Lipinski definition) is 2. The van der Waals surface area contributed by atoms with Gasteiger partial charge in [0.15, 0.2) is 0 Å². The number of nitrogens with one attached hydrogen (secondary N) is 1. The van der Waals surface area contributed by atoms with E-state index < -0.39 is 12.0 Å². The molecule has 1 atom stereocenters. The molecule has 110 valence electrons. The molecule has 19 heavy (non-hydrogen) atoms. The molecule has 0 bridgehead atoms. The lowest BCUT2D eigenvalue weighted by atomic mass is 10.1. The van der Waals surface area contributed by atoms with Crippen molar-refractivity contribution in [2.45, 2.75) is 71.3 Å². The maximum Gasteiger partial charge on any atom is 0.326 e. The summed E-state index contributed by atoms with van der Waals surface area (Å²) in [6.07, 6.45) is 11.2. The van der Waals surface area contributed by atoms with Gasteiger partial charge in [0.1, 0.15) is 6.04 Å². The van der Waals surface area contributed by atoms with Crippen LogP contribution in [0.1, 0.15) is 65.2 Å². The van der Waals surface area contributed by atoms with Crippen LogP contribution >= 0.6 is 0 Å². The zero-order chi connectivity index (χ0) is 14.5. The van der Waals surface area contributed by atoms with E-state index >= 15 is 0 Å². The molecule has 2 N–H and O–H groups in total. The molecule has 0 aromatic heterocycles. The van der Waals surface area contributed by atoms with Crippen LogP contribution in [-0.4, -0.2) is 23.0 Å². The second-order valence-electron chi connectivity index (χ2n) is 4.77. The van der Waals surface area contributed by atoms with Gasteiger partial charge in [0, 0.05) is 6.42 Å². The first-order chi connectivity index (χ1) is 9.11. The highest BCUT2D eigenvalue weighted by atomic mass is 16.4. The van der Waals surface area contributed by atoms with E-state index in [0.29, 0.717) is 6.42 Å². The van der Waals surface area contributed by atoms with E-state index in [1.165, 1.54) is 19.3 Å². The van der Waals surface area contributed by atoms with E-state index in [1.807, 2.05) is 19.1 Å². The van der Waals surface area contributed by atoms with Crippen LogP contribution in [0.15, 0.2) is 12.2 Å². The zero-order valence-electron chi connectivity index (χ0n) is 12.2. The molecule has 0 rings (SSSR count). The maximum atomic E-state index is 11.5. The van der Waals surface area contributed by atoms with Gasteiger partial charge >= 0.3 is 5.97 Å². The fourth-order valence-electron chi connectivity index (χ4n) is 1.80. The molecular formula is C15H27NO3. The number of aliphatic carboxylic acids is 1. The molecule has 0 aromatic carbocycles. The van der Waals surface area contributed by atoms with E-state index in [2.05, 4.69) is 12.2 Å². The minimum absolute atomic E-state index is 0.217. The van der Waals surface area contributed by atoms with E-state index in [9.17, 15) is 9.59 Å². The van der Waals surface area contributed by atoms with Gasteiger partial charge in [-0.3, -0.25) is 4.79 Å². The Bertz CT molecular complexity index is 287. The van der Waals surface area contributed by atoms with E-state index in [1.54, 1.807) is 0 Å². The van der Waals surface area contributed by atoms with E-state index in [-0.39, 0.29) is 12.3 Å². The summed E-state index contributed by atoms with van der Waals surface area (Å²) in [5.74, 6) is -1.18. The van der Waals surface area contributed by atoms with Crippen molar-refractivity contribution in [2.24, 2.45) is 0 Å². The van der Waals surface area contributed by atoms with Crippen molar-refractivity contribution >= 4 is 11.9 Å². The summed E-state index contributed by atoms with van der Waals surface area (Å²) in [5.41, 5.74) is 0. The normalized spacial score (nSPS) is 12.5. The number of carboxylic acids is 1. The third kappa shape index (κ3) is 10.3. The predicted octanol–water partition coefficient (Wildman–Crippen LogP) is 3.27. The summed E-state index contributed by atoms with van der Waals surface area (Å²) in [6.45, 7) is 4.08. The van der Waals surface area contributed by atoms with Gasteiger partial charge in [-0.2, -0.15) is 0 Å². The van der Waals surface area contributed by atoms with Crippen LogP contribution in [-0.2, 0) is 9.59 Å². The van der Waals surface area contributed by atoms with Crippen molar-refractivity contribution in [2.75, 3.05) is 0 Å². The van der Waals surface area contributed by atoms with Gasteiger partial charge in [0.25, 0.3) is 0 Å². The van der Waals surface area contributed by atoms with Gasteiger partial charge in [-0.25, -0.2) is 4.79 Å². The molecule has 4 heteroatoms. The number of carbonyl (C=O) groups is 2. The fraction of sp³-hybridized carbons (Fsp3) is 0.733. The molecule has 1 amide bonds. The molecule has 0 fully saturated rings. The predicted molar refractivity (Wildman–Crippen MR) is 77.0 cm³/mol. The molecular weight excluding hydrogens is 242 g/mol. The molecule has 0 saturated heterocycles. The van der Waals surface area contributed by atoms with Crippen LogP contribution in [0, 0.1) is 0 Å². The number of rotatable bonds is 11. The van der Waals surface area contributed by atoms with Crippen LogP contribution < -0.4 is 5.32 Å². The topological polar surface area (TPSA) is 66.4 Å². The average molecular weight is 269 g/mol. The van der Waals surface area contributed by atoms with Crippen molar-refractivity contribution in [3.63, 3.8) is 0 Å². The highest BCUT2D eigenvalue weighted by molar-refractivity contribution is 5.84. The summed E-state index contributed by atoms with van der Waals surface area (Å²) in [4.78, 5) is 22.4. The highest BCUT2D eigenvalue weighted by Gasteiger charge is 2.17. The fourth-order valence-corrected chi connectivity index (χ4v) is 1.80. The molecule has 0 aromatic rings. The summed E-state index contributed by atoms with van der Waals surface area (Å²) in [7, 11) is 0. The van der Waals surface area contributed by atoms with Gasteiger partial charge in [0.2, 0.25) is 5.91 Å². The summed E-state index contributed by atoms with van der Waals surface area (Å²) in [5, 5.41) is 11.5. The molecule has 4 nitrogen and oxygen atoms in total. The number of carboxylic acid groups (broad SMARTS) is 1. The molecule has 0 heterocycles. The summed E-state index contributed by atoms with van der Waals surface area (Å²) < 4.78 is 0. The Labute approximate surface area is 116 Å². The maximum absolute atomic E-state index is 11.5. The van der Waals surface area contributed by atoms with Crippen molar-refractivity contribution in [1.82, 2.24) is 5.32 Å². The first-order valence-corrected chi connectivity index (χ1v) is 7.29. The van der Waals surface area contributed by atoms with Crippen LogP contribution in [0.5, 0.6) is 0 Å². The summed E-state index contributed by atoms with van der Waals surface area (Å²) >= 11 is 0. The standard InChI is InChI=1S/C15H27NO3/c1-3-5-6-7-8-9-10-12-14(17)16-13(11-4-2)15(18)19/h9-10,13H,3-8,11-12H2,1-2H3,(H,16,17)(H,18,19). The second-order valence-corrected chi connectivity index (χ2v) is 4.77. The van der Waals surface area contributed by atoms with Gasteiger partial charge in [0.05, 0.1) is 0 Å². The molecule has 0 saturated carbocycles. The van der Waals surface area contributed by atoms with Crippen LogP contribution in [0.2, 0.25) is 0 Å². The lowest BCUT2D eigenvalue weighted by Gasteiger charge is -2.12. The van der Waals surface area contributed by atoms with Gasteiger partial charge in [-0.1, -0.05) is 51.7 Å². The number of carbonyl (C=O) groups excluding carboxylic acids is 1. The Kier molecular flexibility index (Phi) is 10.9. The van der Waals surface area contributed by atoms with Crippen molar-refractivity contribution < 1.29 is 14.7 Å². The molecule has 0 aliphatic rings. The molecule has 0 spiro atoms. The highest BCUT2D eigenvalue weighted by Crippen LogP contribution is 2.03. The second kappa shape index (κ2) is 11.8. The third-order valence-corrected chi connectivity index (χ3v) is 2.90. The van der Waals surface area contributed by atoms with Gasteiger partial charge in [-0.15, -0.1) is 0 Å². The van der Waals surface area contributed by atoms with Crippen LogP contribution in [0.3, 0.4) is 0 Å². The van der Waals surface area contributed by atoms with Crippen molar-refractivity contribution in [3.8, 4) is 0 Å². The number of unbranched alkanes of at least 4 members (excludes halogenated alkanes) is 4. The Hall–Kier alpha value is -1.32. The van der Waals surface area contributed by atoms with Crippen LogP contribution in [0.4, 0.5) is 0 Å². The number of amides is 1. The lowest BCUT2D eigenvalue weighted by Crippen LogP contribution is -2.40. The molecule has 0 aliphatic heterocycles. The number of allylic oxidation sites excluding steroid dienone is 1. The minimum atomic E-state index is -0.959. The smallest absolute Gasteiger partial charge is 0.326 e. The van der Waals surface area contributed by atoms with Crippen molar-refractivity contribution in [1.29, 1.82) is 0 Å². The summed E-state index contributed by atoms with van der Waals surface area (Å²) in [6, 6.07) is -0.754. The molecule has 0 aliphatic carbocycles. The number of hydrogen-bond acceptors (Lipinski definition) is 2. The third-order valence-electron chi connectivity index (χ3n) is 2.90. The lowest BCUT2D eigenvalue weighted by molar-refractivity contribution is -0.141. The Morgan fingerprint density at radius 2 is 1.84 bits per heavy atom. The Morgan fingerprint density at radius 3 is 2.42 bits per heavy atom. The first-order valence-electron chi connectivity index (χ1n) is 7.29. The zero-order valence-corrected chi connectivity index (χ0v) is 12.2. The van der Waals surface area contributed by atoms with Gasteiger partial charge in [-0.05, 0) is 19.3 Å². The van der Waals surface area contributed by atoms with Crippen LogP contribution in [0.25, 0.3) is 0 Å². The van der Waals surface area contributed by atoms with E-state index in [4.69, 9.17) is 5.11 Å². The SMILES string of the molecule is CCCCCCC=CCC(=O)NC(CCC)C(=O)O. The molecule has 1 unspecified atom stereocenters. The first kappa shape index (κ1) is 17.7. The van der Waals surface area contributed by atoms with Crippen molar-refractivity contribution in [3.05, 3.63) is 12.2 Å². The van der Waals surface area contributed by atoms with E-state index in [0.717, 1.165) is 19.3 Å². The minimum Gasteiger partial charge on any atom is -0.480 e. The molecule has 0 radical (unpaired) electrons.